The van der Waals surface area contributed by atoms with Gasteiger partial charge >= 0.3 is 0 Å². The van der Waals surface area contributed by atoms with E-state index in [2.05, 4.69) is 30.0 Å². The van der Waals surface area contributed by atoms with Crippen LogP contribution in [0, 0.1) is 6.92 Å². The number of aryl methyl sites for hydroxylation is 1. The van der Waals surface area contributed by atoms with E-state index in [1.165, 1.54) is 24.8 Å². The largest absolute Gasteiger partial charge is 0.294 e. The number of nitrogens with zero attached hydrogens (tertiary/aromatic N) is 3. The first-order valence-corrected chi connectivity index (χ1v) is 10.4. The molecular weight excluding hydrogens is 370 g/mol. The van der Waals surface area contributed by atoms with Gasteiger partial charge < -0.3 is 0 Å². The summed E-state index contributed by atoms with van der Waals surface area (Å²) >= 11 is 6.07. The van der Waals surface area contributed by atoms with E-state index in [-0.39, 0.29) is 11.9 Å². The summed E-state index contributed by atoms with van der Waals surface area (Å²) in [6.07, 6.45) is 4.33. The lowest BCUT2D eigenvalue weighted by Gasteiger charge is -2.29. The number of piperidine rings is 1. The van der Waals surface area contributed by atoms with Crippen molar-refractivity contribution in [2.75, 3.05) is 19.6 Å². The van der Waals surface area contributed by atoms with Gasteiger partial charge in [0.25, 0.3) is 5.91 Å². The number of benzene rings is 2. The zero-order valence-corrected chi connectivity index (χ0v) is 17.0. The van der Waals surface area contributed by atoms with Crippen LogP contribution in [0.2, 0.25) is 5.02 Å². The first-order valence-electron chi connectivity index (χ1n) is 10.0. The van der Waals surface area contributed by atoms with Crippen molar-refractivity contribution in [2.24, 2.45) is 5.10 Å². The normalized spacial score (nSPS) is 20.3. The Balaban J connectivity index is 1.60. The van der Waals surface area contributed by atoms with E-state index < -0.39 is 0 Å². The van der Waals surface area contributed by atoms with Crippen molar-refractivity contribution in [1.82, 2.24) is 9.91 Å². The van der Waals surface area contributed by atoms with E-state index >= 15 is 0 Å². The van der Waals surface area contributed by atoms with Gasteiger partial charge in [-0.15, -0.1) is 0 Å². The molecule has 0 saturated carbocycles. The smallest absolute Gasteiger partial charge is 0.257 e. The highest BCUT2D eigenvalue weighted by atomic mass is 35.5. The molecule has 146 valence electrons. The average molecular weight is 396 g/mol. The van der Waals surface area contributed by atoms with Crippen molar-refractivity contribution >= 4 is 23.2 Å². The molecule has 5 heteroatoms. The molecule has 4 nitrogen and oxygen atoms in total. The van der Waals surface area contributed by atoms with Gasteiger partial charge in [0.1, 0.15) is 0 Å². The maximum atomic E-state index is 13.2. The van der Waals surface area contributed by atoms with E-state index in [0.29, 0.717) is 11.6 Å². The maximum Gasteiger partial charge on any atom is 0.257 e. The number of hydrogen-bond donors (Lipinski definition) is 0. The SMILES string of the molecule is Cc1cccc(C2=NN(C(=O)CN3CCCCC3)[C@@H](c3ccc(Cl)cc3)C2)c1. The topological polar surface area (TPSA) is 35.9 Å². The molecular formula is C23H26ClN3O. The fourth-order valence-electron chi connectivity index (χ4n) is 4.07. The number of amides is 1. The van der Waals surface area contributed by atoms with Gasteiger partial charge in [0.2, 0.25) is 0 Å². The second kappa shape index (κ2) is 8.46. The first kappa shape index (κ1) is 19.2. The quantitative estimate of drug-likeness (QED) is 0.744. The van der Waals surface area contributed by atoms with Crippen LogP contribution in [0.4, 0.5) is 0 Å². The van der Waals surface area contributed by atoms with Gasteiger partial charge in [-0.2, -0.15) is 5.10 Å². The molecule has 1 atom stereocenters. The summed E-state index contributed by atoms with van der Waals surface area (Å²) in [6.45, 7) is 4.52. The maximum absolute atomic E-state index is 13.2. The predicted octanol–water partition coefficient (Wildman–Crippen LogP) is 4.81. The molecule has 1 saturated heterocycles. The summed E-state index contributed by atoms with van der Waals surface area (Å²) < 4.78 is 0. The van der Waals surface area contributed by atoms with Crippen molar-refractivity contribution < 1.29 is 4.79 Å². The van der Waals surface area contributed by atoms with Crippen molar-refractivity contribution in [2.45, 2.75) is 38.6 Å². The Kier molecular flexibility index (Phi) is 5.79. The number of carbonyl (C=O) groups excluding carboxylic acids is 1. The fourth-order valence-corrected chi connectivity index (χ4v) is 4.19. The monoisotopic (exact) mass is 395 g/mol. The third-order valence-corrected chi connectivity index (χ3v) is 5.83. The molecule has 0 aromatic heterocycles. The molecule has 4 rings (SSSR count). The van der Waals surface area contributed by atoms with Crippen LogP contribution < -0.4 is 0 Å². The van der Waals surface area contributed by atoms with Crippen LogP contribution in [0.25, 0.3) is 0 Å². The van der Waals surface area contributed by atoms with Crippen LogP contribution in [0.15, 0.2) is 53.6 Å². The highest BCUT2D eigenvalue weighted by Gasteiger charge is 2.33. The zero-order valence-electron chi connectivity index (χ0n) is 16.3. The molecule has 1 fully saturated rings. The highest BCUT2D eigenvalue weighted by molar-refractivity contribution is 6.30. The second-order valence-corrected chi connectivity index (χ2v) is 8.20. The fraction of sp³-hybridized carbons (Fsp3) is 0.391. The lowest BCUT2D eigenvalue weighted by Crippen LogP contribution is -2.40. The number of rotatable bonds is 4. The number of carbonyl (C=O) groups is 1. The van der Waals surface area contributed by atoms with E-state index in [1.807, 2.05) is 30.3 Å². The molecule has 0 unspecified atom stereocenters. The first-order chi connectivity index (χ1) is 13.6. The number of likely N-dealkylation sites (tertiary alicyclic amines) is 1. The minimum atomic E-state index is -0.0786. The summed E-state index contributed by atoms with van der Waals surface area (Å²) in [7, 11) is 0. The lowest BCUT2D eigenvalue weighted by atomic mass is 9.97. The van der Waals surface area contributed by atoms with Gasteiger partial charge in [-0.1, -0.05) is 60.0 Å². The summed E-state index contributed by atoms with van der Waals surface area (Å²) in [6, 6.07) is 16.0. The number of hydrogen-bond acceptors (Lipinski definition) is 3. The van der Waals surface area contributed by atoms with Gasteiger partial charge in [0.05, 0.1) is 18.3 Å². The molecule has 1 amide bonds. The van der Waals surface area contributed by atoms with Gasteiger partial charge in [-0.25, -0.2) is 5.01 Å². The summed E-state index contributed by atoms with van der Waals surface area (Å²) in [4.78, 5) is 15.4. The van der Waals surface area contributed by atoms with Crippen LogP contribution in [0.5, 0.6) is 0 Å². The summed E-state index contributed by atoms with van der Waals surface area (Å²) in [5.41, 5.74) is 4.33. The van der Waals surface area contributed by atoms with E-state index in [9.17, 15) is 4.79 Å². The van der Waals surface area contributed by atoms with E-state index in [1.54, 1.807) is 5.01 Å². The zero-order chi connectivity index (χ0) is 19.5. The van der Waals surface area contributed by atoms with Crippen LogP contribution >= 0.6 is 11.6 Å². The van der Waals surface area contributed by atoms with Crippen molar-refractivity contribution in [3.05, 3.63) is 70.2 Å². The highest BCUT2D eigenvalue weighted by Crippen LogP contribution is 2.33. The van der Waals surface area contributed by atoms with Gasteiger partial charge in [0.15, 0.2) is 0 Å². The molecule has 2 aromatic carbocycles. The predicted molar refractivity (Wildman–Crippen MR) is 114 cm³/mol. The van der Waals surface area contributed by atoms with Gasteiger partial charge in [-0.05, 0) is 56.1 Å². The molecule has 28 heavy (non-hydrogen) atoms. The van der Waals surface area contributed by atoms with Gasteiger partial charge in [-0.3, -0.25) is 9.69 Å². The lowest BCUT2D eigenvalue weighted by molar-refractivity contribution is -0.134. The summed E-state index contributed by atoms with van der Waals surface area (Å²) in [5.74, 6) is 0.0736. The Morgan fingerprint density at radius 2 is 1.86 bits per heavy atom. The minimum absolute atomic E-state index is 0.0736. The molecule has 2 heterocycles. The van der Waals surface area contributed by atoms with E-state index in [4.69, 9.17) is 16.7 Å². The van der Waals surface area contributed by atoms with Gasteiger partial charge in [0, 0.05) is 11.4 Å². The van der Waals surface area contributed by atoms with E-state index in [0.717, 1.165) is 36.3 Å². The Hall–Kier alpha value is -2.17. The van der Waals surface area contributed by atoms with Crippen molar-refractivity contribution in [3.63, 3.8) is 0 Å². The molecule has 0 spiro atoms. The molecule has 0 N–H and O–H groups in total. The molecule has 0 bridgehead atoms. The Bertz CT molecular complexity index is 872. The molecule has 2 aliphatic heterocycles. The van der Waals surface area contributed by atoms with Crippen LogP contribution in [0.1, 0.15) is 48.4 Å². The number of halogens is 1. The second-order valence-electron chi connectivity index (χ2n) is 7.76. The average Bonchev–Trinajstić information content (AvgIpc) is 3.15. The molecule has 2 aromatic rings. The molecule has 0 radical (unpaired) electrons. The van der Waals surface area contributed by atoms with Crippen LogP contribution in [0.3, 0.4) is 0 Å². The molecule has 0 aliphatic carbocycles. The third-order valence-electron chi connectivity index (χ3n) is 5.58. The summed E-state index contributed by atoms with van der Waals surface area (Å²) in [5, 5.41) is 7.19. The Morgan fingerprint density at radius 1 is 1.11 bits per heavy atom. The Morgan fingerprint density at radius 3 is 2.57 bits per heavy atom. The van der Waals surface area contributed by atoms with Crippen LogP contribution in [-0.4, -0.2) is 41.2 Å². The molecule has 2 aliphatic rings. The van der Waals surface area contributed by atoms with Crippen molar-refractivity contribution in [1.29, 1.82) is 0 Å². The Labute approximate surface area is 171 Å². The standard InChI is InChI=1S/C23H26ClN3O/c1-17-6-5-7-19(14-17)21-15-22(18-8-10-20(24)11-9-18)27(25-21)23(28)16-26-12-3-2-4-13-26/h5-11,14,22H,2-4,12-13,15-16H2,1H3/t22-/m1/s1. The third kappa shape index (κ3) is 4.29. The minimum Gasteiger partial charge on any atom is -0.294 e. The van der Waals surface area contributed by atoms with Crippen molar-refractivity contribution in [3.8, 4) is 0 Å². The number of hydrazone groups is 1. The van der Waals surface area contributed by atoms with Crippen LogP contribution in [-0.2, 0) is 4.79 Å².